The Morgan fingerprint density at radius 2 is 1.34 bits per heavy atom. The van der Waals surface area contributed by atoms with E-state index in [0.717, 1.165) is 57.0 Å². The number of rotatable bonds is 8. The maximum absolute atomic E-state index is 12.8. The van der Waals surface area contributed by atoms with E-state index >= 15 is 0 Å². The van der Waals surface area contributed by atoms with Crippen molar-refractivity contribution in [3.05, 3.63) is 24.5 Å². The number of carbonyl (C=O) groups excluding carboxylic acids is 2. The van der Waals surface area contributed by atoms with Crippen molar-refractivity contribution in [1.29, 1.82) is 0 Å². The second-order valence-corrected chi connectivity index (χ2v) is 10.3. The van der Waals surface area contributed by atoms with Crippen LogP contribution in [0.15, 0.2) is 24.5 Å². The van der Waals surface area contributed by atoms with Crippen LogP contribution in [0.25, 0.3) is 0 Å². The van der Waals surface area contributed by atoms with Crippen molar-refractivity contribution in [2.75, 3.05) is 43.4 Å². The molecule has 2 amide bonds. The van der Waals surface area contributed by atoms with Crippen molar-refractivity contribution in [1.82, 2.24) is 29.4 Å². The molecule has 2 aliphatic carbocycles. The summed E-state index contributed by atoms with van der Waals surface area (Å²) >= 11 is 0. The molecule has 1 unspecified atom stereocenters. The lowest BCUT2D eigenvalue weighted by Gasteiger charge is -2.39. The average molecular weight is 483 g/mol. The third-order valence-corrected chi connectivity index (χ3v) is 7.78. The molecule has 3 heterocycles. The Balaban J connectivity index is 1.08. The molecule has 5 rings (SSSR count). The summed E-state index contributed by atoms with van der Waals surface area (Å²) in [5.74, 6) is 1.56. The van der Waals surface area contributed by atoms with E-state index in [1.54, 1.807) is 12.4 Å². The standard InChI is InChI=1S/C25H38N8O2/c1-19-16-30(17-24(34)28-22-10-12-26-32(22)20-6-2-3-7-20)14-15-31(19)18-25(35)29-23-11-13-27-33(23)21-8-4-5-9-21/h10-13,19-21H,2-9,14-18H2,1H3,(H,28,34)(H,29,35). The maximum Gasteiger partial charge on any atom is 0.239 e. The first-order valence-corrected chi connectivity index (χ1v) is 13.2. The zero-order valence-corrected chi connectivity index (χ0v) is 20.7. The molecular formula is C25H38N8O2. The fourth-order valence-corrected chi connectivity index (χ4v) is 5.91. The lowest BCUT2D eigenvalue weighted by atomic mass is 10.2. The highest BCUT2D eigenvalue weighted by molar-refractivity contribution is 5.92. The molecule has 0 radical (unpaired) electrons. The molecule has 190 valence electrons. The van der Waals surface area contributed by atoms with Gasteiger partial charge in [0, 0.05) is 37.8 Å². The number of nitrogens with one attached hydrogen (secondary N) is 2. The number of hydrogen-bond donors (Lipinski definition) is 2. The summed E-state index contributed by atoms with van der Waals surface area (Å²) in [5, 5.41) is 15.0. The molecule has 10 heteroatoms. The van der Waals surface area contributed by atoms with Gasteiger partial charge in [0.1, 0.15) is 11.6 Å². The molecule has 10 nitrogen and oxygen atoms in total. The van der Waals surface area contributed by atoms with Crippen LogP contribution in [0.4, 0.5) is 11.6 Å². The van der Waals surface area contributed by atoms with Gasteiger partial charge in [0.05, 0.1) is 37.6 Å². The highest BCUT2D eigenvalue weighted by Crippen LogP contribution is 2.32. The predicted molar refractivity (Wildman–Crippen MR) is 134 cm³/mol. The molecule has 1 atom stereocenters. The molecule has 1 saturated heterocycles. The van der Waals surface area contributed by atoms with Gasteiger partial charge in [-0.05, 0) is 32.6 Å². The molecule has 0 bridgehead atoms. The number of piperazine rings is 1. The van der Waals surface area contributed by atoms with E-state index in [9.17, 15) is 9.59 Å². The minimum absolute atomic E-state index is 0.0108. The van der Waals surface area contributed by atoms with Gasteiger partial charge in [-0.1, -0.05) is 25.7 Å². The van der Waals surface area contributed by atoms with Gasteiger partial charge in [-0.2, -0.15) is 10.2 Å². The van der Waals surface area contributed by atoms with E-state index in [1.807, 2.05) is 21.5 Å². The van der Waals surface area contributed by atoms with Crippen LogP contribution in [0.1, 0.15) is 70.4 Å². The molecular weight excluding hydrogens is 444 g/mol. The molecule has 0 aromatic carbocycles. The molecule has 2 saturated carbocycles. The maximum atomic E-state index is 12.8. The number of amides is 2. The van der Waals surface area contributed by atoms with E-state index in [4.69, 9.17) is 0 Å². The van der Waals surface area contributed by atoms with Gasteiger partial charge in [0.2, 0.25) is 11.8 Å². The SMILES string of the molecule is CC1CN(CC(=O)Nc2ccnn2C2CCCC2)CCN1CC(=O)Nc1ccnn1C1CCCC1. The lowest BCUT2D eigenvalue weighted by molar-refractivity contribution is -0.120. The Labute approximate surface area is 207 Å². The fraction of sp³-hybridized carbons (Fsp3) is 0.680. The van der Waals surface area contributed by atoms with Crippen molar-refractivity contribution >= 4 is 23.5 Å². The van der Waals surface area contributed by atoms with Gasteiger partial charge in [0.25, 0.3) is 0 Å². The molecule has 35 heavy (non-hydrogen) atoms. The molecule has 2 aromatic heterocycles. The summed E-state index contributed by atoms with van der Waals surface area (Å²) in [4.78, 5) is 29.9. The van der Waals surface area contributed by atoms with Crippen molar-refractivity contribution in [3.8, 4) is 0 Å². The van der Waals surface area contributed by atoms with Gasteiger partial charge in [-0.3, -0.25) is 19.4 Å². The molecule has 3 fully saturated rings. The topological polar surface area (TPSA) is 100 Å². The summed E-state index contributed by atoms with van der Waals surface area (Å²) in [6.07, 6.45) is 12.9. The van der Waals surface area contributed by atoms with Crippen LogP contribution in [0.2, 0.25) is 0 Å². The van der Waals surface area contributed by atoms with E-state index in [0.29, 0.717) is 25.2 Å². The largest absolute Gasteiger partial charge is 0.310 e. The third kappa shape index (κ3) is 5.75. The zero-order valence-electron chi connectivity index (χ0n) is 20.7. The first-order valence-electron chi connectivity index (χ1n) is 13.2. The monoisotopic (exact) mass is 482 g/mol. The summed E-state index contributed by atoms with van der Waals surface area (Å²) in [5.41, 5.74) is 0. The van der Waals surface area contributed by atoms with E-state index in [-0.39, 0.29) is 17.9 Å². The van der Waals surface area contributed by atoms with E-state index in [2.05, 4.69) is 37.6 Å². The lowest BCUT2D eigenvalue weighted by Crippen LogP contribution is -2.55. The van der Waals surface area contributed by atoms with Gasteiger partial charge < -0.3 is 10.6 Å². The Bertz CT molecular complexity index is 1000. The van der Waals surface area contributed by atoms with Crippen LogP contribution in [0, 0.1) is 0 Å². The van der Waals surface area contributed by atoms with Gasteiger partial charge >= 0.3 is 0 Å². The van der Waals surface area contributed by atoms with E-state index < -0.39 is 0 Å². The first-order chi connectivity index (χ1) is 17.1. The van der Waals surface area contributed by atoms with Gasteiger partial charge in [0.15, 0.2) is 0 Å². The number of nitrogens with zero attached hydrogens (tertiary/aromatic N) is 6. The predicted octanol–water partition coefficient (Wildman–Crippen LogP) is 2.89. The van der Waals surface area contributed by atoms with Crippen molar-refractivity contribution in [3.63, 3.8) is 0 Å². The Kier molecular flexibility index (Phi) is 7.48. The summed E-state index contributed by atoms with van der Waals surface area (Å²) in [7, 11) is 0. The van der Waals surface area contributed by atoms with Crippen molar-refractivity contribution in [2.24, 2.45) is 0 Å². The second kappa shape index (κ2) is 10.9. The zero-order chi connectivity index (χ0) is 24.2. The summed E-state index contributed by atoms with van der Waals surface area (Å²) < 4.78 is 3.95. The normalized spacial score (nSPS) is 22.6. The number of anilines is 2. The average Bonchev–Trinajstić information content (AvgIpc) is 3.63. The Morgan fingerprint density at radius 3 is 1.86 bits per heavy atom. The summed E-state index contributed by atoms with van der Waals surface area (Å²) in [6, 6.07) is 4.74. The molecule has 1 aliphatic heterocycles. The highest BCUT2D eigenvalue weighted by Gasteiger charge is 2.28. The van der Waals surface area contributed by atoms with Crippen LogP contribution in [-0.4, -0.2) is 79.9 Å². The molecule has 2 N–H and O–H groups in total. The van der Waals surface area contributed by atoms with Crippen LogP contribution >= 0.6 is 0 Å². The van der Waals surface area contributed by atoms with Crippen molar-refractivity contribution in [2.45, 2.75) is 76.4 Å². The van der Waals surface area contributed by atoms with Crippen LogP contribution in [-0.2, 0) is 9.59 Å². The van der Waals surface area contributed by atoms with Gasteiger partial charge in [-0.15, -0.1) is 0 Å². The number of carbonyl (C=O) groups is 2. The Hall–Kier alpha value is -2.72. The molecule has 0 spiro atoms. The third-order valence-electron chi connectivity index (χ3n) is 7.78. The number of hydrogen-bond acceptors (Lipinski definition) is 6. The smallest absolute Gasteiger partial charge is 0.239 e. The van der Waals surface area contributed by atoms with Crippen LogP contribution < -0.4 is 10.6 Å². The molecule has 3 aliphatic rings. The Morgan fingerprint density at radius 1 is 0.829 bits per heavy atom. The van der Waals surface area contributed by atoms with E-state index in [1.165, 1.54) is 25.7 Å². The fourth-order valence-electron chi connectivity index (χ4n) is 5.91. The second-order valence-electron chi connectivity index (χ2n) is 10.3. The van der Waals surface area contributed by atoms with Crippen LogP contribution in [0.3, 0.4) is 0 Å². The van der Waals surface area contributed by atoms with Gasteiger partial charge in [-0.25, -0.2) is 9.36 Å². The van der Waals surface area contributed by atoms with Crippen molar-refractivity contribution < 1.29 is 9.59 Å². The summed E-state index contributed by atoms with van der Waals surface area (Å²) in [6.45, 7) is 5.08. The number of aromatic nitrogens is 4. The first kappa shape index (κ1) is 24.0. The minimum atomic E-state index is -0.0111. The molecule has 2 aromatic rings. The minimum Gasteiger partial charge on any atom is -0.310 e. The quantitative estimate of drug-likeness (QED) is 0.600. The van der Waals surface area contributed by atoms with Crippen LogP contribution in [0.5, 0.6) is 0 Å². The highest BCUT2D eigenvalue weighted by atomic mass is 16.2.